The summed E-state index contributed by atoms with van der Waals surface area (Å²) in [7, 11) is 0. The maximum Gasteiger partial charge on any atom is 0.224 e. The molecule has 0 aliphatic carbocycles. The van der Waals surface area contributed by atoms with E-state index in [0.717, 1.165) is 11.4 Å². The average molecular weight is 332 g/mol. The molecule has 1 spiro atoms. The van der Waals surface area contributed by atoms with Gasteiger partial charge in [-0.25, -0.2) is 0 Å². The highest BCUT2D eigenvalue weighted by Gasteiger charge is 2.54. The number of aliphatic imine (C=N–C) groups is 1. The summed E-state index contributed by atoms with van der Waals surface area (Å²) in [6, 6.07) is 18.5. The fraction of sp³-hybridized carbons (Fsp3) is 0.364. The monoisotopic (exact) mass is 332 g/mol. The second kappa shape index (κ2) is 5.55. The second-order valence-corrected chi connectivity index (χ2v) is 8.22. The number of carbonyl (C=O) groups is 1. The Kier molecular flexibility index (Phi) is 3.57. The average Bonchev–Trinajstić information content (AvgIpc) is 3.07. The van der Waals surface area contributed by atoms with Crippen LogP contribution >= 0.6 is 0 Å². The summed E-state index contributed by atoms with van der Waals surface area (Å²) in [6.45, 7) is 7.98. The van der Waals surface area contributed by atoms with Gasteiger partial charge >= 0.3 is 0 Å². The first-order valence-electron chi connectivity index (χ1n) is 8.91. The van der Waals surface area contributed by atoms with E-state index >= 15 is 0 Å². The number of fused-ring (bicyclic) bond motifs is 2. The van der Waals surface area contributed by atoms with Crippen molar-refractivity contribution in [1.82, 2.24) is 4.90 Å². The lowest BCUT2D eigenvalue weighted by Crippen LogP contribution is -2.42. The third-order valence-corrected chi connectivity index (χ3v) is 5.30. The minimum absolute atomic E-state index is 0.0674. The zero-order chi connectivity index (χ0) is 17.7. The predicted octanol–water partition coefficient (Wildman–Crippen LogP) is 4.49. The van der Waals surface area contributed by atoms with Gasteiger partial charge in [-0.05, 0) is 17.2 Å². The molecule has 25 heavy (non-hydrogen) atoms. The molecule has 1 atom stereocenters. The Balaban J connectivity index is 1.73. The Morgan fingerprint density at radius 3 is 2.44 bits per heavy atom. The number of nitrogens with zero attached hydrogens (tertiary/aromatic N) is 2. The van der Waals surface area contributed by atoms with Gasteiger partial charge in [-0.2, -0.15) is 0 Å². The van der Waals surface area contributed by atoms with Crippen molar-refractivity contribution in [3.63, 3.8) is 0 Å². The van der Waals surface area contributed by atoms with Crippen molar-refractivity contribution in [2.24, 2.45) is 10.4 Å². The van der Waals surface area contributed by atoms with E-state index in [4.69, 9.17) is 4.99 Å². The molecule has 3 heteroatoms. The lowest BCUT2D eigenvalue weighted by molar-refractivity contribution is -0.128. The third kappa shape index (κ3) is 2.58. The van der Waals surface area contributed by atoms with Gasteiger partial charge in [-0.15, -0.1) is 0 Å². The van der Waals surface area contributed by atoms with Gasteiger partial charge in [0.1, 0.15) is 0 Å². The molecular weight excluding hydrogens is 308 g/mol. The molecule has 1 amide bonds. The smallest absolute Gasteiger partial charge is 0.224 e. The van der Waals surface area contributed by atoms with Crippen LogP contribution in [0.5, 0.6) is 0 Å². The van der Waals surface area contributed by atoms with Crippen LogP contribution in [-0.4, -0.2) is 23.1 Å². The summed E-state index contributed by atoms with van der Waals surface area (Å²) in [5, 5.41) is 0. The molecule has 0 saturated carbocycles. The fourth-order valence-electron chi connectivity index (χ4n) is 4.34. The molecule has 2 aliphatic rings. The van der Waals surface area contributed by atoms with Gasteiger partial charge < -0.3 is 4.90 Å². The Bertz CT molecular complexity index is 848. The maximum atomic E-state index is 12.9. The standard InChI is InChI=1S/C22H24N2O/c1-21(2,3)20-22(17-11-7-8-12-18(17)23-20)13-19(25)24(15-22)14-16-9-5-4-6-10-16/h4-12H,13-15H2,1-3H3/t22-/m1/s1. The zero-order valence-corrected chi connectivity index (χ0v) is 15.1. The Labute approximate surface area is 149 Å². The van der Waals surface area contributed by atoms with Crippen molar-refractivity contribution < 1.29 is 4.79 Å². The molecule has 1 saturated heterocycles. The maximum absolute atomic E-state index is 12.9. The highest BCUT2D eigenvalue weighted by atomic mass is 16.2. The lowest BCUT2D eigenvalue weighted by atomic mass is 9.68. The van der Waals surface area contributed by atoms with Crippen LogP contribution in [0.15, 0.2) is 59.6 Å². The number of amides is 1. The summed E-state index contributed by atoms with van der Waals surface area (Å²) in [4.78, 5) is 19.9. The van der Waals surface area contributed by atoms with Crippen molar-refractivity contribution in [3.05, 3.63) is 65.7 Å². The second-order valence-electron chi connectivity index (χ2n) is 8.22. The molecule has 2 aliphatic heterocycles. The van der Waals surface area contributed by atoms with Crippen molar-refractivity contribution in [2.45, 2.75) is 39.2 Å². The number of rotatable bonds is 2. The van der Waals surface area contributed by atoms with Crippen molar-refractivity contribution in [2.75, 3.05) is 6.54 Å². The molecule has 0 unspecified atom stereocenters. The van der Waals surface area contributed by atoms with Crippen LogP contribution in [0.25, 0.3) is 0 Å². The number of likely N-dealkylation sites (tertiary alicyclic amines) is 1. The molecule has 3 nitrogen and oxygen atoms in total. The molecule has 4 rings (SSSR count). The topological polar surface area (TPSA) is 32.7 Å². The fourth-order valence-corrected chi connectivity index (χ4v) is 4.34. The summed E-state index contributed by atoms with van der Waals surface area (Å²) < 4.78 is 0. The van der Waals surface area contributed by atoms with Crippen molar-refractivity contribution in [1.29, 1.82) is 0 Å². The zero-order valence-electron chi connectivity index (χ0n) is 15.1. The predicted molar refractivity (Wildman–Crippen MR) is 101 cm³/mol. The summed E-state index contributed by atoms with van der Waals surface area (Å²) >= 11 is 0. The minimum Gasteiger partial charge on any atom is -0.337 e. The number of para-hydroxylation sites is 1. The van der Waals surface area contributed by atoms with Crippen LogP contribution in [0, 0.1) is 5.41 Å². The number of carbonyl (C=O) groups excluding carboxylic acids is 1. The molecule has 2 heterocycles. The molecule has 0 bridgehead atoms. The molecule has 1 fully saturated rings. The van der Waals surface area contributed by atoms with Crippen LogP contribution in [-0.2, 0) is 16.8 Å². The first-order chi connectivity index (χ1) is 11.9. The summed E-state index contributed by atoms with van der Waals surface area (Å²) in [5.74, 6) is 0.220. The van der Waals surface area contributed by atoms with E-state index in [-0.39, 0.29) is 16.7 Å². The highest BCUT2D eigenvalue weighted by molar-refractivity contribution is 6.09. The number of hydrogen-bond acceptors (Lipinski definition) is 2. The Hall–Kier alpha value is -2.42. The van der Waals surface area contributed by atoms with Crippen LogP contribution in [0.4, 0.5) is 5.69 Å². The van der Waals surface area contributed by atoms with Gasteiger partial charge in [-0.3, -0.25) is 9.79 Å². The largest absolute Gasteiger partial charge is 0.337 e. The first kappa shape index (κ1) is 16.1. The van der Waals surface area contributed by atoms with Gasteiger partial charge in [0.15, 0.2) is 0 Å². The molecular formula is C22H24N2O. The SMILES string of the molecule is CC(C)(C)C1=Nc2ccccc2[C@]12CC(=O)N(Cc1ccccc1)C2. The molecule has 0 radical (unpaired) electrons. The summed E-state index contributed by atoms with van der Waals surface area (Å²) in [6.07, 6.45) is 0.521. The quantitative estimate of drug-likeness (QED) is 0.797. The van der Waals surface area contributed by atoms with Gasteiger partial charge in [0.25, 0.3) is 0 Å². The highest BCUT2D eigenvalue weighted by Crippen LogP contribution is 2.50. The number of hydrogen-bond donors (Lipinski definition) is 0. The normalized spacial score (nSPS) is 22.4. The van der Waals surface area contributed by atoms with E-state index in [1.54, 1.807) is 0 Å². The van der Waals surface area contributed by atoms with E-state index in [1.165, 1.54) is 11.1 Å². The van der Waals surface area contributed by atoms with Crippen LogP contribution in [0.2, 0.25) is 0 Å². The van der Waals surface area contributed by atoms with E-state index in [2.05, 4.69) is 51.1 Å². The summed E-state index contributed by atoms with van der Waals surface area (Å²) in [5.41, 5.74) is 4.21. The van der Waals surface area contributed by atoms with E-state index in [1.807, 2.05) is 29.2 Å². The lowest BCUT2D eigenvalue weighted by Gasteiger charge is -2.34. The van der Waals surface area contributed by atoms with Gasteiger partial charge in [0.05, 0.1) is 11.1 Å². The number of benzene rings is 2. The van der Waals surface area contributed by atoms with E-state index in [0.29, 0.717) is 19.5 Å². The molecule has 2 aromatic carbocycles. The Morgan fingerprint density at radius 2 is 1.72 bits per heavy atom. The van der Waals surface area contributed by atoms with Crippen LogP contribution in [0.1, 0.15) is 38.3 Å². The van der Waals surface area contributed by atoms with Gasteiger partial charge in [-0.1, -0.05) is 69.3 Å². The van der Waals surface area contributed by atoms with Gasteiger partial charge in [0, 0.05) is 30.6 Å². The Morgan fingerprint density at radius 1 is 1.04 bits per heavy atom. The van der Waals surface area contributed by atoms with Crippen LogP contribution < -0.4 is 0 Å². The van der Waals surface area contributed by atoms with Crippen LogP contribution in [0.3, 0.4) is 0 Å². The molecule has 2 aromatic rings. The first-order valence-corrected chi connectivity index (χ1v) is 8.91. The van der Waals surface area contributed by atoms with Gasteiger partial charge in [0.2, 0.25) is 5.91 Å². The molecule has 0 aromatic heterocycles. The third-order valence-electron chi connectivity index (χ3n) is 5.30. The minimum atomic E-state index is -0.277. The van der Waals surface area contributed by atoms with E-state index < -0.39 is 0 Å². The van der Waals surface area contributed by atoms with Crippen molar-refractivity contribution in [3.8, 4) is 0 Å². The van der Waals surface area contributed by atoms with E-state index in [9.17, 15) is 4.79 Å². The molecule has 0 N–H and O–H groups in total. The molecule has 128 valence electrons. The van der Waals surface area contributed by atoms with Crippen molar-refractivity contribution >= 4 is 17.3 Å².